The molecule has 0 N–H and O–H groups in total. The Bertz CT molecular complexity index is 624. The Morgan fingerprint density at radius 1 is 1.10 bits per heavy atom. The highest BCUT2D eigenvalue weighted by Crippen LogP contribution is 2.18. The number of hydrogen-bond acceptors (Lipinski definition) is 5. The number of nitro groups is 1. The van der Waals surface area contributed by atoms with Crippen molar-refractivity contribution in [3.05, 3.63) is 75.8 Å². The first kappa shape index (κ1) is 14.7. The van der Waals surface area contributed by atoms with Gasteiger partial charge in [0.15, 0.2) is 0 Å². The van der Waals surface area contributed by atoms with E-state index in [0.717, 1.165) is 5.56 Å². The third-order valence-electron chi connectivity index (χ3n) is 2.85. The molecule has 0 aliphatic heterocycles. The van der Waals surface area contributed by atoms with Crippen molar-refractivity contribution in [2.45, 2.75) is 13.0 Å². The maximum Gasteiger partial charge on any atom is 0.373 e. The van der Waals surface area contributed by atoms with E-state index in [1.807, 2.05) is 30.3 Å². The number of hydrogen-bond donors (Lipinski definition) is 0. The molecular weight excluding hydrogens is 274 g/mol. The van der Waals surface area contributed by atoms with Gasteiger partial charge in [-0.05, 0) is 24.6 Å². The normalized spacial score (nSPS) is 11.7. The average Bonchev–Trinajstić information content (AvgIpc) is 2.53. The van der Waals surface area contributed by atoms with Crippen molar-refractivity contribution < 1.29 is 19.5 Å². The van der Waals surface area contributed by atoms with Gasteiger partial charge in [-0.15, -0.1) is 0 Å². The van der Waals surface area contributed by atoms with Crippen molar-refractivity contribution in [3.63, 3.8) is 0 Å². The lowest BCUT2D eigenvalue weighted by molar-refractivity contribution is -0.384. The van der Waals surface area contributed by atoms with Crippen LogP contribution < -0.4 is 0 Å². The molecule has 2 rings (SSSR count). The predicted molar refractivity (Wildman–Crippen MR) is 74.5 cm³/mol. The second kappa shape index (κ2) is 6.62. The molecule has 0 amide bonds. The molecule has 2 aromatic rings. The Morgan fingerprint density at radius 3 is 2.29 bits per heavy atom. The summed E-state index contributed by atoms with van der Waals surface area (Å²) in [5.74, 6) is -0.701. The maximum absolute atomic E-state index is 11.7. The van der Waals surface area contributed by atoms with Gasteiger partial charge < -0.3 is 0 Å². The van der Waals surface area contributed by atoms with Gasteiger partial charge in [-0.25, -0.2) is 4.79 Å². The molecule has 0 heterocycles. The molecule has 0 aliphatic carbocycles. The van der Waals surface area contributed by atoms with Crippen molar-refractivity contribution in [3.8, 4) is 0 Å². The first-order valence-electron chi connectivity index (χ1n) is 6.25. The van der Waals surface area contributed by atoms with Crippen LogP contribution >= 0.6 is 0 Å². The fraction of sp³-hybridized carbons (Fsp3) is 0.133. The molecule has 0 fully saturated rings. The van der Waals surface area contributed by atoms with E-state index in [1.54, 1.807) is 6.92 Å². The van der Waals surface area contributed by atoms with Gasteiger partial charge in [-0.1, -0.05) is 30.3 Å². The van der Waals surface area contributed by atoms with Crippen LogP contribution in [0.2, 0.25) is 0 Å². The van der Waals surface area contributed by atoms with Gasteiger partial charge in [-0.2, -0.15) is 4.89 Å². The summed E-state index contributed by atoms with van der Waals surface area (Å²) in [5, 5.41) is 10.5. The summed E-state index contributed by atoms with van der Waals surface area (Å²) in [6, 6.07) is 14.4. The van der Waals surface area contributed by atoms with Crippen molar-refractivity contribution in [2.75, 3.05) is 0 Å². The van der Waals surface area contributed by atoms with Crippen LogP contribution in [0.25, 0.3) is 0 Å². The molecule has 21 heavy (non-hydrogen) atoms. The Morgan fingerprint density at radius 2 is 1.71 bits per heavy atom. The van der Waals surface area contributed by atoms with E-state index in [9.17, 15) is 14.9 Å². The first-order chi connectivity index (χ1) is 10.1. The zero-order valence-corrected chi connectivity index (χ0v) is 11.3. The highest BCUT2D eigenvalue weighted by atomic mass is 17.2. The highest BCUT2D eigenvalue weighted by molar-refractivity contribution is 5.89. The summed E-state index contributed by atoms with van der Waals surface area (Å²) < 4.78 is 0. The summed E-state index contributed by atoms with van der Waals surface area (Å²) >= 11 is 0. The third-order valence-corrected chi connectivity index (χ3v) is 2.85. The molecule has 0 saturated carbocycles. The molecule has 0 aromatic heterocycles. The van der Waals surface area contributed by atoms with Crippen LogP contribution in [0.3, 0.4) is 0 Å². The van der Waals surface area contributed by atoms with Gasteiger partial charge in [0, 0.05) is 12.1 Å². The Hall–Kier alpha value is -2.73. The lowest BCUT2D eigenvalue weighted by atomic mass is 10.1. The zero-order valence-electron chi connectivity index (χ0n) is 11.3. The van der Waals surface area contributed by atoms with Crippen LogP contribution in [-0.4, -0.2) is 10.9 Å². The van der Waals surface area contributed by atoms with Crippen LogP contribution in [0.15, 0.2) is 54.6 Å². The number of nitrogens with zero attached hydrogens (tertiary/aromatic N) is 1. The number of carbonyl (C=O) groups is 1. The summed E-state index contributed by atoms with van der Waals surface area (Å²) in [6.45, 7) is 1.75. The lowest BCUT2D eigenvalue weighted by Crippen LogP contribution is -2.09. The maximum atomic E-state index is 11.7. The number of rotatable bonds is 5. The van der Waals surface area contributed by atoms with Gasteiger partial charge in [-0.3, -0.25) is 15.0 Å². The van der Waals surface area contributed by atoms with Crippen molar-refractivity contribution in [2.24, 2.45) is 0 Å². The van der Waals surface area contributed by atoms with Gasteiger partial charge in [0.25, 0.3) is 5.69 Å². The molecule has 1 unspecified atom stereocenters. The fourth-order valence-corrected chi connectivity index (χ4v) is 1.66. The zero-order chi connectivity index (χ0) is 15.2. The van der Waals surface area contributed by atoms with Gasteiger partial charge >= 0.3 is 5.97 Å². The summed E-state index contributed by atoms with van der Waals surface area (Å²) in [5.41, 5.74) is 0.958. The topological polar surface area (TPSA) is 78.7 Å². The summed E-state index contributed by atoms with van der Waals surface area (Å²) in [6.07, 6.45) is -0.409. The molecule has 2 aromatic carbocycles. The van der Waals surface area contributed by atoms with E-state index < -0.39 is 17.0 Å². The molecule has 0 bridgehead atoms. The number of nitro benzene ring substituents is 1. The van der Waals surface area contributed by atoms with E-state index in [1.165, 1.54) is 24.3 Å². The largest absolute Gasteiger partial charge is 0.373 e. The quantitative estimate of drug-likeness (QED) is 0.478. The first-order valence-corrected chi connectivity index (χ1v) is 6.25. The van der Waals surface area contributed by atoms with E-state index >= 15 is 0 Å². The molecule has 0 aliphatic rings. The van der Waals surface area contributed by atoms with Crippen LogP contribution in [0.1, 0.15) is 28.9 Å². The standard InChI is InChI=1S/C15H13NO5/c1-11(12-5-3-2-4-6-12)20-21-15(17)13-7-9-14(10-8-13)16(18)19/h2-11H,1H3. The van der Waals surface area contributed by atoms with Crippen LogP contribution in [0, 0.1) is 10.1 Å². The van der Waals surface area contributed by atoms with Gasteiger partial charge in [0.05, 0.1) is 10.5 Å². The summed E-state index contributed by atoms with van der Waals surface area (Å²) in [7, 11) is 0. The minimum Gasteiger partial charge on any atom is -0.292 e. The Kier molecular flexibility index (Phi) is 4.63. The second-order valence-corrected chi connectivity index (χ2v) is 4.32. The molecule has 0 radical (unpaired) electrons. The Balaban J connectivity index is 1.94. The molecule has 1 atom stereocenters. The minimum atomic E-state index is -0.701. The minimum absolute atomic E-state index is 0.0925. The van der Waals surface area contributed by atoms with Crippen LogP contribution in [0.5, 0.6) is 0 Å². The van der Waals surface area contributed by atoms with Gasteiger partial charge in [0.2, 0.25) is 0 Å². The molecule has 0 saturated heterocycles. The smallest absolute Gasteiger partial charge is 0.292 e. The van der Waals surface area contributed by atoms with Crippen LogP contribution in [0.4, 0.5) is 5.69 Å². The highest BCUT2D eigenvalue weighted by Gasteiger charge is 2.14. The number of carbonyl (C=O) groups excluding carboxylic acids is 1. The second-order valence-electron chi connectivity index (χ2n) is 4.32. The fourth-order valence-electron chi connectivity index (χ4n) is 1.66. The van der Waals surface area contributed by atoms with Crippen molar-refractivity contribution in [1.82, 2.24) is 0 Å². The predicted octanol–water partition coefficient (Wildman–Crippen LogP) is 3.44. The summed E-state index contributed by atoms with van der Waals surface area (Å²) in [4.78, 5) is 31.5. The average molecular weight is 287 g/mol. The van der Waals surface area contributed by atoms with Gasteiger partial charge in [0.1, 0.15) is 6.10 Å². The molecule has 108 valence electrons. The molecular formula is C15H13NO5. The lowest BCUT2D eigenvalue weighted by Gasteiger charge is -2.11. The van der Waals surface area contributed by atoms with E-state index in [0.29, 0.717) is 0 Å². The van der Waals surface area contributed by atoms with E-state index in [4.69, 9.17) is 9.78 Å². The van der Waals surface area contributed by atoms with Crippen molar-refractivity contribution >= 4 is 11.7 Å². The molecule has 0 spiro atoms. The van der Waals surface area contributed by atoms with Crippen molar-refractivity contribution in [1.29, 1.82) is 0 Å². The molecule has 6 nitrogen and oxygen atoms in total. The number of benzene rings is 2. The van der Waals surface area contributed by atoms with Crippen LogP contribution in [-0.2, 0) is 9.78 Å². The molecule has 6 heteroatoms. The third kappa shape index (κ3) is 3.87. The SMILES string of the molecule is CC(OOC(=O)c1ccc([N+](=O)[O-])cc1)c1ccccc1. The monoisotopic (exact) mass is 287 g/mol. The number of non-ortho nitro benzene ring substituents is 1. The van der Waals surface area contributed by atoms with E-state index in [-0.39, 0.29) is 11.3 Å². The Labute approximate surface area is 121 Å². The van der Waals surface area contributed by atoms with E-state index in [2.05, 4.69) is 0 Å².